The predicted octanol–water partition coefficient (Wildman–Crippen LogP) is 2.75. The molecule has 0 saturated carbocycles. The summed E-state index contributed by atoms with van der Waals surface area (Å²) in [4.78, 5) is 27.5. The lowest BCUT2D eigenvalue weighted by Gasteiger charge is -2.28. The van der Waals surface area contributed by atoms with E-state index in [1.165, 1.54) is 12.1 Å². The smallest absolute Gasteiger partial charge is 0.317 e. The summed E-state index contributed by atoms with van der Waals surface area (Å²) in [5.74, 6) is -1.36. The first-order chi connectivity index (χ1) is 12.3. The van der Waals surface area contributed by atoms with Gasteiger partial charge in [0.05, 0.1) is 12.6 Å². The Morgan fingerprint density at radius 3 is 2.74 bits per heavy atom. The number of carboxylic acid groups (broad SMARTS) is 1. The number of amides is 1. The Hall–Kier alpha value is -1.70. The predicted molar refractivity (Wildman–Crippen MR) is 106 cm³/mol. The summed E-state index contributed by atoms with van der Waals surface area (Å²) in [7, 11) is 1.83. The second-order valence-electron chi connectivity index (χ2n) is 7.05. The molecular weight excluding hydrogens is 373 g/mol. The number of aliphatic carboxylic acids is 1. The highest BCUT2D eigenvalue weighted by atomic mass is 35.5. The third-order valence-electron chi connectivity index (χ3n) is 5.12. The van der Waals surface area contributed by atoms with E-state index in [1.54, 1.807) is 6.07 Å². The number of carboxylic acids is 1. The van der Waals surface area contributed by atoms with E-state index < -0.39 is 5.97 Å². The molecular formula is C19H29ClFN3O3. The quantitative estimate of drug-likeness (QED) is 0.766. The summed E-state index contributed by atoms with van der Waals surface area (Å²) in [6.07, 6.45) is 2.64. The summed E-state index contributed by atoms with van der Waals surface area (Å²) < 4.78 is 13.4. The topological polar surface area (TPSA) is 72.9 Å². The third kappa shape index (κ3) is 6.75. The Labute approximate surface area is 166 Å². The molecule has 1 aromatic carbocycles. The average molecular weight is 402 g/mol. The van der Waals surface area contributed by atoms with Gasteiger partial charge in [-0.1, -0.05) is 6.07 Å². The first-order valence-electron chi connectivity index (χ1n) is 9.01. The van der Waals surface area contributed by atoms with Gasteiger partial charge in [0.2, 0.25) is 5.91 Å². The Balaban J connectivity index is 0.00000364. The Morgan fingerprint density at radius 1 is 1.37 bits per heavy atom. The number of hydrogen-bond acceptors (Lipinski definition) is 4. The second kappa shape index (κ2) is 10.6. The van der Waals surface area contributed by atoms with Crippen LogP contribution in [0.2, 0.25) is 0 Å². The number of benzene rings is 1. The molecule has 6 nitrogen and oxygen atoms in total. The molecule has 152 valence electrons. The number of hydrogen-bond donors (Lipinski definition) is 2. The number of carbonyl (C=O) groups is 2. The number of nitrogens with zero attached hydrogens (tertiary/aromatic N) is 2. The molecule has 0 aromatic heterocycles. The lowest BCUT2D eigenvalue weighted by molar-refractivity contribution is -0.138. The van der Waals surface area contributed by atoms with Crippen molar-refractivity contribution in [1.82, 2.24) is 9.80 Å². The molecule has 0 spiro atoms. The minimum Gasteiger partial charge on any atom is -0.480 e. The Kier molecular flexibility index (Phi) is 9.15. The summed E-state index contributed by atoms with van der Waals surface area (Å²) in [5, 5.41) is 11.8. The van der Waals surface area contributed by atoms with Crippen LogP contribution in [0.25, 0.3) is 0 Å². The zero-order valence-electron chi connectivity index (χ0n) is 16.1. The zero-order chi connectivity index (χ0) is 19.3. The van der Waals surface area contributed by atoms with Gasteiger partial charge in [0.25, 0.3) is 0 Å². The second-order valence-corrected chi connectivity index (χ2v) is 7.05. The van der Waals surface area contributed by atoms with Gasteiger partial charge in [-0.05, 0) is 64.4 Å². The van der Waals surface area contributed by atoms with Crippen molar-refractivity contribution < 1.29 is 19.1 Å². The highest BCUT2D eigenvalue weighted by Crippen LogP contribution is 2.20. The van der Waals surface area contributed by atoms with E-state index in [2.05, 4.69) is 10.2 Å². The van der Waals surface area contributed by atoms with Crippen LogP contribution in [0.5, 0.6) is 0 Å². The Bertz CT molecular complexity index is 659. The molecule has 0 bridgehead atoms. The van der Waals surface area contributed by atoms with Crippen molar-refractivity contribution in [1.29, 1.82) is 0 Å². The van der Waals surface area contributed by atoms with Crippen LogP contribution in [-0.4, -0.2) is 65.5 Å². The Morgan fingerprint density at radius 2 is 2.07 bits per heavy atom. The molecule has 0 aliphatic carbocycles. The molecule has 0 radical (unpaired) electrons. The minimum atomic E-state index is -0.827. The lowest BCUT2D eigenvalue weighted by Crippen LogP contribution is -2.43. The van der Waals surface area contributed by atoms with Crippen molar-refractivity contribution in [2.45, 2.75) is 45.2 Å². The van der Waals surface area contributed by atoms with E-state index in [4.69, 9.17) is 5.11 Å². The van der Waals surface area contributed by atoms with E-state index in [-0.39, 0.29) is 42.8 Å². The molecule has 1 aliphatic rings. The molecule has 2 rings (SSSR count). The van der Waals surface area contributed by atoms with Gasteiger partial charge < -0.3 is 10.4 Å². The van der Waals surface area contributed by atoms with Crippen LogP contribution in [0, 0.1) is 12.7 Å². The van der Waals surface area contributed by atoms with E-state index >= 15 is 0 Å². The molecule has 1 amide bonds. The number of likely N-dealkylation sites (tertiary alicyclic amines) is 1. The molecule has 2 atom stereocenters. The molecule has 2 N–H and O–H groups in total. The maximum atomic E-state index is 13.4. The fourth-order valence-electron chi connectivity index (χ4n) is 3.40. The summed E-state index contributed by atoms with van der Waals surface area (Å²) in [6, 6.07) is 4.22. The number of aryl methyl sites for hydroxylation is 1. The van der Waals surface area contributed by atoms with Crippen molar-refractivity contribution >= 4 is 30.0 Å². The van der Waals surface area contributed by atoms with Gasteiger partial charge in [-0.25, -0.2) is 4.39 Å². The van der Waals surface area contributed by atoms with Crippen molar-refractivity contribution in [3.05, 3.63) is 29.6 Å². The highest BCUT2D eigenvalue weighted by Gasteiger charge is 2.27. The molecule has 8 heteroatoms. The SMILES string of the molecule is Cc1ccc(F)cc1NC(=O)C(C)N1CCCC(N(C)CC(=O)O)CC1.Cl. The number of halogens is 2. The standard InChI is InChI=1S/C19H28FN3O3.ClH/c1-13-6-7-15(20)11-17(13)21-19(26)14(2)23-9-4-5-16(8-10-23)22(3)12-18(24)25;/h6-7,11,14,16H,4-5,8-10,12H2,1-3H3,(H,21,26)(H,24,25);1H. The minimum absolute atomic E-state index is 0. The number of nitrogens with one attached hydrogen (secondary N) is 1. The largest absolute Gasteiger partial charge is 0.480 e. The van der Waals surface area contributed by atoms with Crippen LogP contribution in [0.1, 0.15) is 31.7 Å². The molecule has 1 saturated heterocycles. The normalized spacial score (nSPS) is 19.1. The van der Waals surface area contributed by atoms with Gasteiger partial charge in [0, 0.05) is 18.3 Å². The van der Waals surface area contributed by atoms with Crippen LogP contribution in [-0.2, 0) is 9.59 Å². The maximum absolute atomic E-state index is 13.4. The number of carbonyl (C=O) groups excluding carboxylic acids is 1. The molecule has 1 heterocycles. The van der Waals surface area contributed by atoms with Gasteiger partial charge in [0.1, 0.15) is 5.82 Å². The van der Waals surface area contributed by atoms with Gasteiger partial charge in [-0.15, -0.1) is 12.4 Å². The van der Waals surface area contributed by atoms with E-state index in [0.29, 0.717) is 5.69 Å². The zero-order valence-corrected chi connectivity index (χ0v) is 16.9. The van der Waals surface area contributed by atoms with Crippen LogP contribution < -0.4 is 5.32 Å². The van der Waals surface area contributed by atoms with E-state index in [0.717, 1.165) is 37.9 Å². The van der Waals surface area contributed by atoms with Gasteiger partial charge in [-0.3, -0.25) is 19.4 Å². The van der Waals surface area contributed by atoms with Gasteiger partial charge in [-0.2, -0.15) is 0 Å². The molecule has 27 heavy (non-hydrogen) atoms. The van der Waals surface area contributed by atoms with Crippen molar-refractivity contribution in [2.24, 2.45) is 0 Å². The number of likely N-dealkylation sites (N-methyl/N-ethyl adjacent to an activating group) is 1. The third-order valence-corrected chi connectivity index (χ3v) is 5.12. The van der Waals surface area contributed by atoms with Crippen molar-refractivity contribution in [2.75, 3.05) is 32.0 Å². The summed E-state index contributed by atoms with van der Waals surface area (Å²) in [6.45, 7) is 5.22. The van der Waals surface area contributed by atoms with Gasteiger partial charge >= 0.3 is 5.97 Å². The number of anilines is 1. The first-order valence-corrected chi connectivity index (χ1v) is 9.01. The maximum Gasteiger partial charge on any atom is 0.317 e. The molecule has 2 unspecified atom stereocenters. The average Bonchev–Trinajstić information content (AvgIpc) is 2.83. The van der Waals surface area contributed by atoms with Crippen molar-refractivity contribution in [3.63, 3.8) is 0 Å². The van der Waals surface area contributed by atoms with Crippen LogP contribution in [0.15, 0.2) is 18.2 Å². The number of rotatable bonds is 6. The van der Waals surface area contributed by atoms with Crippen LogP contribution >= 0.6 is 12.4 Å². The van der Waals surface area contributed by atoms with Crippen molar-refractivity contribution in [3.8, 4) is 0 Å². The van der Waals surface area contributed by atoms with Crippen LogP contribution in [0.4, 0.5) is 10.1 Å². The van der Waals surface area contributed by atoms with E-state index in [9.17, 15) is 14.0 Å². The van der Waals surface area contributed by atoms with Gasteiger partial charge in [0.15, 0.2) is 0 Å². The fraction of sp³-hybridized carbons (Fsp3) is 0.579. The molecule has 1 aliphatic heterocycles. The van der Waals surface area contributed by atoms with E-state index in [1.807, 2.05) is 25.8 Å². The molecule has 1 aromatic rings. The highest BCUT2D eigenvalue weighted by molar-refractivity contribution is 5.95. The first kappa shape index (κ1) is 23.3. The summed E-state index contributed by atoms with van der Waals surface area (Å²) in [5.41, 5.74) is 1.31. The molecule has 1 fully saturated rings. The fourth-order valence-corrected chi connectivity index (χ4v) is 3.40. The van der Waals surface area contributed by atoms with Crippen LogP contribution in [0.3, 0.4) is 0 Å². The monoisotopic (exact) mass is 401 g/mol. The lowest BCUT2D eigenvalue weighted by atomic mass is 10.1. The summed E-state index contributed by atoms with van der Waals surface area (Å²) >= 11 is 0.